The van der Waals surface area contributed by atoms with Crippen molar-refractivity contribution in [1.82, 2.24) is 5.32 Å². The maximum absolute atomic E-state index is 13.8. The van der Waals surface area contributed by atoms with Crippen molar-refractivity contribution in [2.24, 2.45) is 16.3 Å². The molecule has 6 heteroatoms. The molecule has 0 aromatic heterocycles. The summed E-state index contributed by atoms with van der Waals surface area (Å²) < 4.78 is 13.8. The average molecular weight is 281 g/mol. The van der Waals surface area contributed by atoms with Crippen molar-refractivity contribution in [3.05, 3.63) is 35.1 Å². The van der Waals surface area contributed by atoms with E-state index in [0.29, 0.717) is 12.0 Å². The first-order valence-corrected chi connectivity index (χ1v) is 6.36. The lowest BCUT2D eigenvalue weighted by Gasteiger charge is -2.21. The van der Waals surface area contributed by atoms with E-state index < -0.39 is 11.2 Å². The van der Waals surface area contributed by atoms with E-state index >= 15 is 0 Å². The van der Waals surface area contributed by atoms with E-state index in [-0.39, 0.29) is 23.9 Å². The van der Waals surface area contributed by atoms with Gasteiger partial charge in [-0.25, -0.2) is 4.39 Å². The number of carbonyl (C=O) groups excluding carboxylic acids is 1. The van der Waals surface area contributed by atoms with Crippen LogP contribution >= 0.6 is 0 Å². The highest BCUT2D eigenvalue weighted by Crippen LogP contribution is 2.20. The van der Waals surface area contributed by atoms with Gasteiger partial charge in [0.2, 0.25) is 5.91 Å². The molecule has 0 aliphatic heterocycles. The summed E-state index contributed by atoms with van der Waals surface area (Å²) in [7, 11) is 0. The summed E-state index contributed by atoms with van der Waals surface area (Å²) in [4.78, 5) is 11.9. The number of benzene rings is 1. The number of rotatable bonds is 5. The number of amides is 1. The summed E-state index contributed by atoms with van der Waals surface area (Å²) in [6, 6.07) is 4.20. The van der Waals surface area contributed by atoms with Crippen molar-refractivity contribution in [3.63, 3.8) is 0 Å². The van der Waals surface area contributed by atoms with E-state index in [4.69, 9.17) is 10.9 Å². The second-order valence-electron chi connectivity index (χ2n) is 5.21. The highest BCUT2D eigenvalue weighted by molar-refractivity contribution is 5.97. The molecule has 1 aromatic rings. The van der Waals surface area contributed by atoms with Gasteiger partial charge >= 0.3 is 0 Å². The topological polar surface area (TPSA) is 87.7 Å². The van der Waals surface area contributed by atoms with Crippen LogP contribution in [0, 0.1) is 11.2 Å². The summed E-state index contributed by atoms with van der Waals surface area (Å²) in [5.74, 6) is -0.796. The van der Waals surface area contributed by atoms with E-state index in [9.17, 15) is 9.18 Å². The van der Waals surface area contributed by atoms with Crippen LogP contribution in [0.3, 0.4) is 0 Å². The predicted octanol–water partition coefficient (Wildman–Crippen LogP) is 1.97. The molecule has 1 amide bonds. The minimum Gasteiger partial charge on any atom is -0.409 e. The number of oxime groups is 1. The Morgan fingerprint density at radius 1 is 1.50 bits per heavy atom. The largest absolute Gasteiger partial charge is 0.409 e. The fraction of sp³-hybridized carbons (Fsp3) is 0.429. The van der Waals surface area contributed by atoms with Crippen LogP contribution in [0.2, 0.25) is 0 Å². The zero-order chi connectivity index (χ0) is 15.3. The van der Waals surface area contributed by atoms with Crippen LogP contribution in [0.1, 0.15) is 38.3 Å². The van der Waals surface area contributed by atoms with Crippen molar-refractivity contribution in [3.8, 4) is 0 Å². The zero-order valence-corrected chi connectivity index (χ0v) is 11.9. The van der Waals surface area contributed by atoms with Crippen LogP contribution in [0.4, 0.5) is 4.39 Å². The van der Waals surface area contributed by atoms with E-state index in [1.807, 2.05) is 20.8 Å². The van der Waals surface area contributed by atoms with Crippen molar-refractivity contribution in [2.45, 2.75) is 33.7 Å². The first kappa shape index (κ1) is 15.9. The van der Waals surface area contributed by atoms with E-state index in [0.717, 1.165) is 0 Å². The van der Waals surface area contributed by atoms with Gasteiger partial charge in [-0.15, -0.1) is 0 Å². The molecule has 0 heterocycles. The Kier molecular flexibility index (Phi) is 5.07. The van der Waals surface area contributed by atoms with Gasteiger partial charge in [0.15, 0.2) is 5.84 Å². The van der Waals surface area contributed by atoms with Crippen molar-refractivity contribution in [1.29, 1.82) is 0 Å². The Bertz CT molecular complexity index is 527. The lowest BCUT2D eigenvalue weighted by molar-refractivity contribution is -0.129. The zero-order valence-electron chi connectivity index (χ0n) is 11.9. The third-order valence-corrected chi connectivity index (χ3v) is 3.39. The van der Waals surface area contributed by atoms with Crippen LogP contribution in [0.15, 0.2) is 23.4 Å². The molecule has 20 heavy (non-hydrogen) atoms. The second kappa shape index (κ2) is 6.36. The number of nitrogens with one attached hydrogen (secondary N) is 1. The van der Waals surface area contributed by atoms with Gasteiger partial charge in [0.25, 0.3) is 0 Å². The van der Waals surface area contributed by atoms with Crippen LogP contribution in [0.5, 0.6) is 0 Å². The smallest absolute Gasteiger partial charge is 0.225 e. The predicted molar refractivity (Wildman–Crippen MR) is 74.8 cm³/mol. The molecule has 110 valence electrons. The standard InChI is InChI=1S/C14H20FN3O2/c1-4-14(2,3)13(19)17-8-10-6-5-9(7-11(10)15)12(16)18-20/h5-7,20H,4,8H2,1-3H3,(H2,16,18)(H,17,19). The molecule has 0 saturated heterocycles. The van der Waals surface area contributed by atoms with Gasteiger partial charge in [-0.05, 0) is 12.5 Å². The lowest BCUT2D eigenvalue weighted by Crippen LogP contribution is -2.36. The fourth-order valence-electron chi connectivity index (χ4n) is 1.48. The lowest BCUT2D eigenvalue weighted by atomic mass is 9.89. The monoisotopic (exact) mass is 281 g/mol. The molecule has 5 nitrogen and oxygen atoms in total. The summed E-state index contributed by atoms with van der Waals surface area (Å²) in [6.45, 7) is 5.69. The Hall–Kier alpha value is -2.11. The van der Waals surface area contributed by atoms with Gasteiger partial charge in [0, 0.05) is 23.1 Å². The molecule has 0 saturated carbocycles. The fourth-order valence-corrected chi connectivity index (χ4v) is 1.48. The highest BCUT2D eigenvalue weighted by Gasteiger charge is 2.24. The average Bonchev–Trinajstić information content (AvgIpc) is 2.44. The van der Waals surface area contributed by atoms with Crippen molar-refractivity contribution in [2.75, 3.05) is 0 Å². The summed E-state index contributed by atoms with van der Waals surface area (Å²) in [5, 5.41) is 14.0. The second-order valence-corrected chi connectivity index (χ2v) is 5.21. The number of carbonyl (C=O) groups is 1. The molecule has 0 aliphatic carbocycles. The SMILES string of the molecule is CCC(C)(C)C(=O)NCc1ccc(C(N)=NO)cc1F. The Labute approximate surface area is 117 Å². The van der Waals surface area contributed by atoms with Crippen molar-refractivity contribution >= 4 is 11.7 Å². The Balaban J connectivity index is 2.78. The molecule has 1 rings (SSSR count). The van der Waals surface area contributed by atoms with E-state index in [2.05, 4.69) is 10.5 Å². The van der Waals surface area contributed by atoms with Crippen molar-refractivity contribution < 1.29 is 14.4 Å². The molecular formula is C14H20FN3O2. The van der Waals surface area contributed by atoms with Crippen LogP contribution in [-0.4, -0.2) is 17.0 Å². The molecular weight excluding hydrogens is 261 g/mol. The maximum Gasteiger partial charge on any atom is 0.225 e. The number of halogens is 1. The van der Waals surface area contributed by atoms with Gasteiger partial charge < -0.3 is 16.3 Å². The van der Waals surface area contributed by atoms with Gasteiger partial charge in [0.05, 0.1) is 0 Å². The van der Waals surface area contributed by atoms with Gasteiger partial charge in [-0.3, -0.25) is 4.79 Å². The molecule has 1 aromatic carbocycles. The molecule has 0 fully saturated rings. The molecule has 0 bridgehead atoms. The van der Waals surface area contributed by atoms with Gasteiger partial charge in [0.1, 0.15) is 5.82 Å². The van der Waals surface area contributed by atoms with E-state index in [1.54, 1.807) is 0 Å². The molecule has 4 N–H and O–H groups in total. The Morgan fingerprint density at radius 3 is 2.65 bits per heavy atom. The normalized spacial score (nSPS) is 12.3. The summed E-state index contributed by atoms with van der Waals surface area (Å²) >= 11 is 0. The third kappa shape index (κ3) is 3.69. The van der Waals surface area contributed by atoms with Gasteiger partial charge in [-0.2, -0.15) is 0 Å². The molecule has 0 atom stereocenters. The minimum atomic E-state index is -0.510. The molecule has 0 radical (unpaired) electrons. The molecule has 0 spiro atoms. The first-order valence-electron chi connectivity index (χ1n) is 6.36. The first-order chi connectivity index (χ1) is 9.31. The molecule has 0 aliphatic rings. The Morgan fingerprint density at radius 2 is 2.15 bits per heavy atom. The summed E-state index contributed by atoms with van der Waals surface area (Å²) in [5.41, 5.74) is 5.53. The minimum absolute atomic E-state index is 0.102. The third-order valence-electron chi connectivity index (χ3n) is 3.39. The number of nitrogens with zero attached hydrogens (tertiary/aromatic N) is 1. The number of hydrogen-bond acceptors (Lipinski definition) is 3. The number of nitrogens with two attached hydrogens (primary N) is 1. The summed E-state index contributed by atoms with van der Waals surface area (Å²) in [6.07, 6.45) is 0.698. The van der Waals surface area contributed by atoms with E-state index in [1.165, 1.54) is 18.2 Å². The number of amidine groups is 1. The van der Waals surface area contributed by atoms with Gasteiger partial charge in [-0.1, -0.05) is 38.1 Å². The number of hydrogen-bond donors (Lipinski definition) is 3. The van der Waals surface area contributed by atoms with Crippen LogP contribution in [-0.2, 0) is 11.3 Å². The quantitative estimate of drug-likeness (QED) is 0.334. The van der Waals surface area contributed by atoms with Crippen LogP contribution < -0.4 is 11.1 Å². The maximum atomic E-state index is 13.8. The highest BCUT2D eigenvalue weighted by atomic mass is 19.1. The van der Waals surface area contributed by atoms with Crippen LogP contribution in [0.25, 0.3) is 0 Å². The molecule has 0 unspecified atom stereocenters.